The Morgan fingerprint density at radius 1 is 1.14 bits per heavy atom. The predicted molar refractivity (Wildman–Crippen MR) is 89.2 cm³/mol. The van der Waals surface area contributed by atoms with Crippen molar-refractivity contribution in [3.05, 3.63) is 57.5 Å². The molecule has 1 aromatic heterocycles. The predicted octanol–water partition coefficient (Wildman–Crippen LogP) is 5.43. The molecule has 0 N–H and O–H groups in total. The molecule has 0 spiro atoms. The van der Waals surface area contributed by atoms with Crippen molar-refractivity contribution in [2.24, 2.45) is 0 Å². The van der Waals surface area contributed by atoms with Crippen LogP contribution in [0.1, 0.15) is 16.9 Å². The number of furan rings is 1. The van der Waals surface area contributed by atoms with Crippen molar-refractivity contribution in [2.45, 2.75) is 30.6 Å². The van der Waals surface area contributed by atoms with Gasteiger partial charge in [-0.1, -0.05) is 15.9 Å². The fourth-order valence-electron chi connectivity index (χ4n) is 2.57. The molecular formula is C17H14BrFO2S. The van der Waals surface area contributed by atoms with Crippen LogP contribution in [0.2, 0.25) is 0 Å². The third-order valence-electron chi connectivity index (χ3n) is 3.67. The highest BCUT2D eigenvalue weighted by Gasteiger charge is 2.22. The molecule has 0 aliphatic heterocycles. The molecule has 0 aliphatic rings. The van der Waals surface area contributed by atoms with Crippen LogP contribution in [0.5, 0.6) is 0 Å². The van der Waals surface area contributed by atoms with E-state index in [4.69, 9.17) is 4.42 Å². The summed E-state index contributed by atoms with van der Waals surface area (Å²) in [6.45, 7) is 5.77. The van der Waals surface area contributed by atoms with Crippen LogP contribution >= 0.6 is 15.9 Å². The molecule has 1 atom stereocenters. The molecular weight excluding hydrogens is 367 g/mol. The summed E-state index contributed by atoms with van der Waals surface area (Å²) in [6, 6.07) is 7.66. The highest BCUT2D eigenvalue weighted by Crippen LogP contribution is 2.37. The van der Waals surface area contributed by atoms with Crippen LogP contribution in [0.25, 0.3) is 11.0 Å². The normalized spacial score (nSPS) is 12.8. The van der Waals surface area contributed by atoms with Crippen LogP contribution in [0.15, 0.2) is 49.0 Å². The second kappa shape index (κ2) is 5.63. The zero-order chi connectivity index (χ0) is 16.0. The first-order valence-electron chi connectivity index (χ1n) is 6.76. The standard InChI is InChI=1S/C17H14BrFO2S/c1-9-8-14-15(10(2)16(9)18)17(11(3)21-14)22(20)13-6-4-12(19)5-7-13/h4-8H,1-3H3/t22-/m1/s1. The van der Waals surface area contributed by atoms with E-state index in [0.717, 1.165) is 26.6 Å². The monoisotopic (exact) mass is 380 g/mol. The Morgan fingerprint density at radius 2 is 1.77 bits per heavy atom. The molecule has 0 unspecified atom stereocenters. The quantitative estimate of drug-likeness (QED) is 0.593. The summed E-state index contributed by atoms with van der Waals surface area (Å²) < 4.78 is 32.8. The van der Waals surface area contributed by atoms with Crippen molar-refractivity contribution < 1.29 is 13.0 Å². The Kier molecular flexibility index (Phi) is 3.95. The van der Waals surface area contributed by atoms with E-state index in [1.165, 1.54) is 12.1 Å². The van der Waals surface area contributed by atoms with E-state index < -0.39 is 10.8 Å². The SMILES string of the molecule is Cc1cc2oc(C)c([S@](=O)c3ccc(F)cc3)c2c(C)c1Br. The fourth-order valence-corrected chi connectivity index (χ4v) is 4.25. The number of hydrogen-bond acceptors (Lipinski definition) is 2. The topological polar surface area (TPSA) is 30.2 Å². The molecule has 5 heteroatoms. The van der Waals surface area contributed by atoms with E-state index in [1.807, 2.05) is 19.9 Å². The van der Waals surface area contributed by atoms with E-state index in [0.29, 0.717) is 15.6 Å². The molecule has 2 nitrogen and oxygen atoms in total. The third-order valence-corrected chi connectivity index (χ3v) is 6.45. The Balaban J connectivity index is 2.26. The smallest absolute Gasteiger partial charge is 0.136 e. The van der Waals surface area contributed by atoms with Gasteiger partial charge in [0.15, 0.2) is 0 Å². The molecule has 0 saturated carbocycles. The van der Waals surface area contributed by atoms with Crippen molar-refractivity contribution in [1.29, 1.82) is 0 Å². The minimum absolute atomic E-state index is 0.343. The third kappa shape index (κ3) is 2.42. The largest absolute Gasteiger partial charge is 0.460 e. The van der Waals surface area contributed by atoms with Crippen LogP contribution < -0.4 is 0 Å². The average Bonchev–Trinajstić information content (AvgIpc) is 2.81. The number of benzene rings is 2. The van der Waals surface area contributed by atoms with E-state index in [9.17, 15) is 8.60 Å². The lowest BCUT2D eigenvalue weighted by Gasteiger charge is -2.06. The Morgan fingerprint density at radius 3 is 2.41 bits per heavy atom. The lowest BCUT2D eigenvalue weighted by atomic mass is 10.1. The van der Waals surface area contributed by atoms with Gasteiger partial charge >= 0.3 is 0 Å². The number of rotatable bonds is 2. The van der Waals surface area contributed by atoms with Crippen LogP contribution in [-0.2, 0) is 10.8 Å². The molecule has 0 radical (unpaired) electrons. The highest BCUT2D eigenvalue weighted by atomic mass is 79.9. The lowest BCUT2D eigenvalue weighted by Crippen LogP contribution is -1.95. The first-order chi connectivity index (χ1) is 10.4. The first-order valence-corrected chi connectivity index (χ1v) is 8.70. The van der Waals surface area contributed by atoms with Crippen LogP contribution in [0.3, 0.4) is 0 Å². The molecule has 3 aromatic rings. The maximum absolute atomic E-state index is 13.1. The molecule has 0 fully saturated rings. The number of aryl methyl sites for hydroxylation is 3. The molecule has 0 aliphatic carbocycles. The van der Waals surface area contributed by atoms with E-state index in [1.54, 1.807) is 19.1 Å². The van der Waals surface area contributed by atoms with E-state index in [-0.39, 0.29) is 5.82 Å². The lowest BCUT2D eigenvalue weighted by molar-refractivity contribution is 0.566. The number of fused-ring (bicyclic) bond motifs is 1. The Hall–Kier alpha value is -1.46. The van der Waals surface area contributed by atoms with Crippen LogP contribution in [0, 0.1) is 26.6 Å². The number of halogens is 2. The first kappa shape index (κ1) is 15.4. The summed E-state index contributed by atoms with van der Waals surface area (Å²) in [5.41, 5.74) is 2.79. The zero-order valence-corrected chi connectivity index (χ0v) is 14.8. The minimum atomic E-state index is -1.42. The number of hydrogen-bond donors (Lipinski definition) is 0. The summed E-state index contributed by atoms with van der Waals surface area (Å²) in [5, 5.41) is 0.859. The second-order valence-electron chi connectivity index (χ2n) is 5.22. The summed E-state index contributed by atoms with van der Waals surface area (Å²) in [7, 11) is -1.42. The molecule has 22 heavy (non-hydrogen) atoms. The van der Waals surface area contributed by atoms with Gasteiger partial charge < -0.3 is 4.42 Å². The molecule has 0 bridgehead atoms. The molecule has 1 heterocycles. The second-order valence-corrected chi connectivity index (χ2v) is 7.43. The summed E-state index contributed by atoms with van der Waals surface area (Å²) in [4.78, 5) is 1.21. The Bertz CT molecular complexity index is 897. The molecule has 3 rings (SSSR count). The van der Waals surface area contributed by atoms with Gasteiger partial charge in [0.2, 0.25) is 0 Å². The van der Waals surface area contributed by atoms with Gasteiger partial charge in [-0.05, 0) is 62.2 Å². The maximum Gasteiger partial charge on any atom is 0.136 e. The molecule has 114 valence electrons. The maximum atomic E-state index is 13.1. The minimum Gasteiger partial charge on any atom is -0.460 e. The summed E-state index contributed by atoms with van der Waals surface area (Å²) >= 11 is 3.57. The molecule has 0 amide bonds. The van der Waals surface area contributed by atoms with Gasteiger partial charge in [0.1, 0.15) is 17.2 Å². The highest BCUT2D eigenvalue weighted by molar-refractivity contribution is 9.10. The molecule has 2 aromatic carbocycles. The van der Waals surface area contributed by atoms with Gasteiger partial charge in [0, 0.05) is 14.8 Å². The zero-order valence-electron chi connectivity index (χ0n) is 12.4. The van der Waals surface area contributed by atoms with E-state index >= 15 is 0 Å². The van der Waals surface area contributed by atoms with Gasteiger partial charge in [-0.3, -0.25) is 0 Å². The van der Waals surface area contributed by atoms with Gasteiger partial charge in [0.05, 0.1) is 15.7 Å². The average molecular weight is 381 g/mol. The van der Waals surface area contributed by atoms with Crippen molar-refractivity contribution in [2.75, 3.05) is 0 Å². The Labute approximate surface area is 138 Å². The van der Waals surface area contributed by atoms with Crippen LogP contribution in [0.4, 0.5) is 4.39 Å². The van der Waals surface area contributed by atoms with E-state index in [2.05, 4.69) is 15.9 Å². The summed E-state index contributed by atoms with van der Waals surface area (Å²) in [6.07, 6.45) is 0. The van der Waals surface area contributed by atoms with Gasteiger partial charge in [0.25, 0.3) is 0 Å². The van der Waals surface area contributed by atoms with Crippen molar-refractivity contribution in [1.82, 2.24) is 0 Å². The van der Waals surface area contributed by atoms with Gasteiger partial charge in [-0.15, -0.1) is 0 Å². The molecule has 0 saturated heterocycles. The fraction of sp³-hybridized carbons (Fsp3) is 0.176. The van der Waals surface area contributed by atoms with Crippen molar-refractivity contribution in [3.63, 3.8) is 0 Å². The van der Waals surface area contributed by atoms with Gasteiger partial charge in [-0.2, -0.15) is 0 Å². The van der Waals surface area contributed by atoms with Crippen molar-refractivity contribution in [3.8, 4) is 0 Å². The van der Waals surface area contributed by atoms with Crippen molar-refractivity contribution >= 4 is 37.7 Å². The summed E-state index contributed by atoms with van der Waals surface area (Å²) in [5.74, 6) is 0.280. The van der Waals surface area contributed by atoms with Crippen LogP contribution in [-0.4, -0.2) is 4.21 Å². The van der Waals surface area contributed by atoms with Gasteiger partial charge in [-0.25, -0.2) is 8.60 Å².